The van der Waals surface area contributed by atoms with Crippen molar-refractivity contribution in [2.75, 3.05) is 19.5 Å². The van der Waals surface area contributed by atoms with Crippen LogP contribution in [0.2, 0.25) is 0 Å². The summed E-state index contributed by atoms with van der Waals surface area (Å²) in [5.41, 5.74) is 1.49. The Morgan fingerprint density at radius 1 is 1.20 bits per heavy atom. The molecule has 3 heterocycles. The van der Waals surface area contributed by atoms with Gasteiger partial charge in [-0.3, -0.25) is 0 Å². The Morgan fingerprint density at radius 3 is 2.83 bits per heavy atom. The molecule has 0 spiro atoms. The Morgan fingerprint density at radius 2 is 2.03 bits per heavy atom. The lowest BCUT2D eigenvalue weighted by atomic mass is 9.95. The fraction of sp³-hybridized carbons (Fsp3) is 0.429. The molecule has 0 bridgehead atoms. The van der Waals surface area contributed by atoms with Gasteiger partial charge in [0.15, 0.2) is 0 Å². The van der Waals surface area contributed by atoms with Gasteiger partial charge in [-0.2, -0.15) is 0 Å². The van der Waals surface area contributed by atoms with E-state index in [9.17, 15) is 4.79 Å². The van der Waals surface area contributed by atoms with Gasteiger partial charge in [-0.25, -0.2) is 19.7 Å². The third-order valence-corrected chi connectivity index (χ3v) is 6.49. The number of carbonyl (C=O) groups is 1. The SMILES string of the molecule is COC(=O)c1sc2ncnc(Nc3cccnc3O[C@@H]3CCC[C@@H](OC)C3)c2c1C. The average Bonchev–Trinajstić information content (AvgIpc) is 3.12. The minimum absolute atomic E-state index is 0.0541. The van der Waals surface area contributed by atoms with Crippen LogP contribution in [0.5, 0.6) is 5.88 Å². The number of hydrogen-bond acceptors (Lipinski definition) is 9. The lowest BCUT2D eigenvalue weighted by Gasteiger charge is -2.28. The van der Waals surface area contributed by atoms with Crippen LogP contribution in [0, 0.1) is 6.92 Å². The van der Waals surface area contributed by atoms with Crippen LogP contribution in [0.4, 0.5) is 11.5 Å². The Kier molecular flexibility index (Phi) is 6.10. The van der Waals surface area contributed by atoms with Crippen molar-refractivity contribution in [1.29, 1.82) is 0 Å². The molecule has 2 atom stereocenters. The lowest BCUT2D eigenvalue weighted by Crippen LogP contribution is -2.29. The van der Waals surface area contributed by atoms with E-state index in [4.69, 9.17) is 14.2 Å². The molecular weight excluding hydrogens is 404 g/mol. The van der Waals surface area contributed by atoms with Crippen molar-refractivity contribution in [3.8, 4) is 5.88 Å². The molecule has 0 aliphatic heterocycles. The summed E-state index contributed by atoms with van der Waals surface area (Å²) in [6, 6.07) is 3.74. The third-order valence-electron chi connectivity index (χ3n) is 5.31. The van der Waals surface area contributed by atoms with Crippen LogP contribution in [0.1, 0.15) is 40.9 Å². The van der Waals surface area contributed by atoms with Crippen molar-refractivity contribution in [1.82, 2.24) is 15.0 Å². The lowest BCUT2D eigenvalue weighted by molar-refractivity contribution is 0.0197. The quantitative estimate of drug-likeness (QED) is 0.582. The summed E-state index contributed by atoms with van der Waals surface area (Å²) < 4.78 is 16.6. The molecule has 0 aromatic carbocycles. The van der Waals surface area contributed by atoms with E-state index in [0.717, 1.165) is 36.6 Å². The molecule has 3 aromatic heterocycles. The summed E-state index contributed by atoms with van der Waals surface area (Å²) in [7, 11) is 3.11. The zero-order valence-electron chi connectivity index (χ0n) is 17.2. The normalized spacial score (nSPS) is 18.9. The van der Waals surface area contributed by atoms with E-state index in [1.165, 1.54) is 24.8 Å². The van der Waals surface area contributed by atoms with E-state index in [-0.39, 0.29) is 18.2 Å². The van der Waals surface area contributed by atoms with E-state index < -0.39 is 0 Å². The topological polar surface area (TPSA) is 95.5 Å². The molecule has 1 fully saturated rings. The number of carbonyl (C=O) groups excluding carboxylic acids is 1. The maximum Gasteiger partial charge on any atom is 0.348 e. The molecule has 0 radical (unpaired) electrons. The van der Waals surface area contributed by atoms with Gasteiger partial charge in [-0.05, 0) is 43.9 Å². The number of nitrogens with one attached hydrogen (secondary N) is 1. The minimum atomic E-state index is -0.378. The first-order chi connectivity index (χ1) is 14.6. The van der Waals surface area contributed by atoms with Crippen LogP contribution >= 0.6 is 11.3 Å². The van der Waals surface area contributed by atoms with Crippen molar-refractivity contribution in [2.45, 2.75) is 44.8 Å². The highest BCUT2D eigenvalue weighted by molar-refractivity contribution is 7.20. The Bertz CT molecular complexity index is 1050. The van der Waals surface area contributed by atoms with Crippen molar-refractivity contribution in [3.05, 3.63) is 35.1 Å². The van der Waals surface area contributed by atoms with Crippen LogP contribution in [0.15, 0.2) is 24.7 Å². The van der Waals surface area contributed by atoms with Crippen molar-refractivity contribution in [3.63, 3.8) is 0 Å². The molecule has 1 saturated carbocycles. The standard InChI is InChI=1S/C21H24N4O4S/c1-12-16-18(23-11-24-20(16)30-17(12)21(26)28-3)25-15-8-5-9-22-19(15)29-14-7-4-6-13(10-14)27-2/h5,8-9,11,13-14H,4,6-7,10H2,1-3H3,(H,23,24,25)/t13-,14-/m1/s1. The highest BCUT2D eigenvalue weighted by Crippen LogP contribution is 2.36. The maximum atomic E-state index is 12.1. The van der Waals surface area contributed by atoms with Crippen LogP contribution in [0.3, 0.4) is 0 Å². The highest BCUT2D eigenvalue weighted by atomic mass is 32.1. The fourth-order valence-electron chi connectivity index (χ4n) is 3.74. The van der Waals surface area contributed by atoms with Gasteiger partial charge in [-0.1, -0.05) is 0 Å². The number of methoxy groups -OCH3 is 2. The number of rotatable bonds is 6. The summed E-state index contributed by atoms with van der Waals surface area (Å²) in [6.45, 7) is 1.87. The zero-order chi connectivity index (χ0) is 21.1. The van der Waals surface area contributed by atoms with E-state index in [1.54, 1.807) is 13.3 Å². The summed E-state index contributed by atoms with van der Waals surface area (Å²) in [5.74, 6) is 0.740. The van der Waals surface area contributed by atoms with E-state index >= 15 is 0 Å². The Balaban J connectivity index is 1.63. The van der Waals surface area contributed by atoms with Gasteiger partial charge in [0.1, 0.15) is 33.6 Å². The van der Waals surface area contributed by atoms with E-state index in [2.05, 4.69) is 20.3 Å². The second-order valence-electron chi connectivity index (χ2n) is 7.20. The second-order valence-corrected chi connectivity index (χ2v) is 8.19. The van der Waals surface area contributed by atoms with Gasteiger partial charge in [0.2, 0.25) is 5.88 Å². The Hall–Kier alpha value is -2.78. The molecule has 158 valence electrons. The van der Waals surface area contributed by atoms with Crippen molar-refractivity contribution < 1.29 is 19.0 Å². The molecule has 4 rings (SSSR count). The molecule has 0 amide bonds. The number of aromatic nitrogens is 3. The second kappa shape index (κ2) is 8.93. The Labute approximate surface area is 178 Å². The van der Waals surface area contributed by atoms with Gasteiger partial charge in [0.05, 0.1) is 18.6 Å². The molecule has 0 unspecified atom stereocenters. The number of hydrogen-bond donors (Lipinski definition) is 1. The summed E-state index contributed by atoms with van der Waals surface area (Å²) >= 11 is 1.29. The molecule has 0 saturated heterocycles. The summed E-state index contributed by atoms with van der Waals surface area (Å²) in [6.07, 6.45) is 7.39. The maximum absolute atomic E-state index is 12.1. The number of fused-ring (bicyclic) bond motifs is 1. The van der Waals surface area contributed by atoms with Gasteiger partial charge < -0.3 is 19.5 Å². The van der Waals surface area contributed by atoms with Crippen LogP contribution in [-0.2, 0) is 9.47 Å². The van der Waals surface area contributed by atoms with Gasteiger partial charge in [0, 0.05) is 19.7 Å². The molecule has 1 aliphatic rings. The number of esters is 1. The first-order valence-electron chi connectivity index (χ1n) is 9.84. The number of aryl methyl sites for hydroxylation is 1. The zero-order valence-corrected chi connectivity index (χ0v) is 18.0. The molecule has 1 aliphatic carbocycles. The number of pyridine rings is 1. The number of ether oxygens (including phenoxy) is 3. The van der Waals surface area contributed by atoms with Gasteiger partial charge in [-0.15, -0.1) is 11.3 Å². The molecule has 8 nitrogen and oxygen atoms in total. The van der Waals surface area contributed by atoms with Crippen molar-refractivity contribution >= 4 is 39.0 Å². The molecular formula is C21H24N4O4S. The predicted octanol–water partition coefficient (Wildman–Crippen LogP) is 4.26. The average molecular weight is 429 g/mol. The van der Waals surface area contributed by atoms with Crippen LogP contribution < -0.4 is 10.1 Å². The van der Waals surface area contributed by atoms with Crippen LogP contribution in [0.25, 0.3) is 10.2 Å². The first kappa shape index (κ1) is 20.5. The van der Waals surface area contributed by atoms with E-state index in [1.807, 2.05) is 19.1 Å². The van der Waals surface area contributed by atoms with Gasteiger partial charge in [0.25, 0.3) is 0 Å². The molecule has 30 heavy (non-hydrogen) atoms. The largest absolute Gasteiger partial charge is 0.473 e. The number of thiophene rings is 1. The molecule has 9 heteroatoms. The first-order valence-corrected chi connectivity index (χ1v) is 10.7. The number of anilines is 2. The van der Waals surface area contributed by atoms with Gasteiger partial charge >= 0.3 is 5.97 Å². The van der Waals surface area contributed by atoms with E-state index in [0.29, 0.717) is 27.1 Å². The monoisotopic (exact) mass is 428 g/mol. The minimum Gasteiger partial charge on any atom is -0.473 e. The number of nitrogens with zero attached hydrogens (tertiary/aromatic N) is 3. The third kappa shape index (κ3) is 4.08. The molecule has 1 N–H and O–H groups in total. The van der Waals surface area contributed by atoms with Crippen molar-refractivity contribution in [2.24, 2.45) is 0 Å². The summed E-state index contributed by atoms with van der Waals surface area (Å²) in [4.78, 5) is 26.5. The van der Waals surface area contributed by atoms with Crippen LogP contribution in [-0.4, -0.2) is 47.3 Å². The fourth-order valence-corrected chi connectivity index (χ4v) is 4.81. The smallest absolute Gasteiger partial charge is 0.348 e. The predicted molar refractivity (Wildman–Crippen MR) is 115 cm³/mol. The molecule has 3 aromatic rings. The summed E-state index contributed by atoms with van der Waals surface area (Å²) in [5, 5.41) is 4.11. The highest BCUT2D eigenvalue weighted by Gasteiger charge is 2.25.